The number of hydrogen-bond donors (Lipinski definition) is 11. The van der Waals surface area contributed by atoms with Crippen LogP contribution in [0.25, 0.3) is 0 Å². The topological polar surface area (TPSA) is 291 Å². The number of amides is 1. The van der Waals surface area contributed by atoms with Crippen LogP contribution < -0.4 is 28.3 Å². The molecule has 3 rings (SSSR count). The fourth-order valence-electron chi connectivity index (χ4n) is 4.66. The van der Waals surface area contributed by atoms with Crippen molar-refractivity contribution in [2.45, 2.75) is 105 Å². The van der Waals surface area contributed by atoms with Gasteiger partial charge < -0.3 is 77.8 Å². The van der Waals surface area contributed by atoms with Crippen LogP contribution in [0.3, 0.4) is 0 Å². The van der Waals surface area contributed by atoms with Crippen LogP contribution in [0.2, 0.25) is 0 Å². The number of aliphatic hydroxyl groups is 6. The molecule has 0 radical (unpaired) electrons. The monoisotopic (exact) mass is 525 g/mol. The highest BCUT2D eigenvalue weighted by molar-refractivity contribution is 5.72. The molecule has 3 fully saturated rings. The molecule has 0 aromatic rings. The molecule has 36 heavy (non-hydrogen) atoms. The smallest absolute Gasteiger partial charge is 0.216 e. The summed E-state index contributed by atoms with van der Waals surface area (Å²) in [6, 6.07) is -4.08. The van der Waals surface area contributed by atoms with Gasteiger partial charge in [0.2, 0.25) is 5.91 Å². The van der Waals surface area contributed by atoms with E-state index in [4.69, 9.17) is 41.9 Å². The summed E-state index contributed by atoms with van der Waals surface area (Å²) in [6.45, 7) is 0.544. The second kappa shape index (κ2) is 12.2. The van der Waals surface area contributed by atoms with Crippen molar-refractivity contribution in [1.82, 2.24) is 5.32 Å². The van der Waals surface area contributed by atoms with E-state index >= 15 is 0 Å². The zero-order valence-corrected chi connectivity index (χ0v) is 19.8. The maximum absolute atomic E-state index is 11.2. The molecule has 0 spiro atoms. The molecule has 15 N–H and O–H groups in total. The standard InChI is InChI=1S/C20H39N5O11/c1-5(27)25-3-8-13(29)14(30)11(24)19(33-8)35-17-6(21)2-7(22)18(16(17)32)36-20-15(31)10(23)12(28)9(4-26)34-20/h6-20,26,28-32H,2-4,21-24H2,1H3,(H,25,27)/t6-,7+,8+,9+,10-,11+,12+,13+,14+,15+,16-,17+,18-,19+,20+/m0/s1. The quantitative estimate of drug-likeness (QED) is 0.147. The van der Waals surface area contributed by atoms with Crippen molar-refractivity contribution in [1.29, 1.82) is 0 Å². The molecule has 3 aliphatic rings. The van der Waals surface area contributed by atoms with E-state index in [0.29, 0.717) is 0 Å². The zero-order valence-electron chi connectivity index (χ0n) is 19.8. The predicted molar refractivity (Wildman–Crippen MR) is 119 cm³/mol. The van der Waals surface area contributed by atoms with Crippen molar-refractivity contribution in [3.05, 3.63) is 0 Å². The lowest BCUT2D eigenvalue weighted by atomic mass is 9.84. The number of ether oxygens (including phenoxy) is 4. The Hall–Kier alpha value is -1.09. The number of nitrogens with two attached hydrogens (primary N) is 4. The molecule has 0 bridgehead atoms. The fraction of sp³-hybridized carbons (Fsp3) is 0.950. The first-order valence-electron chi connectivity index (χ1n) is 11.8. The largest absolute Gasteiger partial charge is 0.394 e. The van der Waals surface area contributed by atoms with Crippen LogP contribution in [0.4, 0.5) is 0 Å². The lowest BCUT2D eigenvalue weighted by Crippen LogP contribution is -2.69. The van der Waals surface area contributed by atoms with Crippen molar-refractivity contribution >= 4 is 5.91 Å². The number of nitrogens with one attached hydrogen (secondary N) is 1. The first-order valence-corrected chi connectivity index (χ1v) is 11.8. The lowest BCUT2D eigenvalue weighted by molar-refractivity contribution is -0.319. The van der Waals surface area contributed by atoms with E-state index < -0.39 is 98.3 Å². The average molecular weight is 526 g/mol. The van der Waals surface area contributed by atoms with Gasteiger partial charge in [0.1, 0.15) is 54.9 Å². The van der Waals surface area contributed by atoms with Gasteiger partial charge >= 0.3 is 0 Å². The van der Waals surface area contributed by atoms with Crippen molar-refractivity contribution in [2.75, 3.05) is 13.2 Å². The third-order valence-corrected chi connectivity index (χ3v) is 6.88. The molecule has 16 heteroatoms. The molecule has 0 unspecified atom stereocenters. The predicted octanol–water partition coefficient (Wildman–Crippen LogP) is -7.15. The van der Waals surface area contributed by atoms with Crippen LogP contribution in [-0.4, -0.2) is 141 Å². The molecule has 2 aliphatic heterocycles. The van der Waals surface area contributed by atoms with E-state index in [0.717, 1.165) is 0 Å². The summed E-state index contributed by atoms with van der Waals surface area (Å²) < 4.78 is 22.7. The van der Waals surface area contributed by atoms with Gasteiger partial charge in [0.05, 0.1) is 18.7 Å². The van der Waals surface area contributed by atoms with Gasteiger partial charge in [-0.15, -0.1) is 0 Å². The molecule has 1 amide bonds. The molecule has 2 heterocycles. The Labute approximate surface area is 207 Å². The van der Waals surface area contributed by atoms with Crippen molar-refractivity contribution < 1.29 is 54.4 Å². The minimum absolute atomic E-state index is 0.0930. The average Bonchev–Trinajstić information content (AvgIpc) is 2.83. The van der Waals surface area contributed by atoms with E-state index in [1.807, 2.05) is 0 Å². The number of aliphatic hydroxyl groups excluding tert-OH is 6. The van der Waals surface area contributed by atoms with E-state index in [1.54, 1.807) is 0 Å². The Kier molecular flexibility index (Phi) is 9.97. The minimum Gasteiger partial charge on any atom is -0.394 e. The Morgan fingerprint density at radius 1 is 0.806 bits per heavy atom. The van der Waals surface area contributed by atoms with Gasteiger partial charge in [-0.25, -0.2) is 0 Å². The van der Waals surface area contributed by atoms with E-state index in [9.17, 15) is 35.4 Å². The summed E-state index contributed by atoms with van der Waals surface area (Å²) in [4.78, 5) is 11.2. The van der Waals surface area contributed by atoms with Gasteiger partial charge in [-0.05, 0) is 6.42 Å². The normalized spacial score (nSPS) is 50.0. The second-order valence-corrected chi connectivity index (χ2v) is 9.58. The van der Waals surface area contributed by atoms with Crippen LogP contribution in [0.1, 0.15) is 13.3 Å². The second-order valence-electron chi connectivity index (χ2n) is 9.58. The number of hydrogen-bond acceptors (Lipinski definition) is 15. The van der Waals surface area contributed by atoms with Crippen LogP contribution in [0.15, 0.2) is 0 Å². The molecule has 0 aromatic carbocycles. The van der Waals surface area contributed by atoms with Gasteiger partial charge in [0.25, 0.3) is 0 Å². The molecule has 1 saturated carbocycles. The van der Waals surface area contributed by atoms with Crippen molar-refractivity contribution in [2.24, 2.45) is 22.9 Å². The molecule has 2 saturated heterocycles. The number of carbonyl (C=O) groups is 1. The highest BCUT2D eigenvalue weighted by Crippen LogP contribution is 2.31. The summed E-state index contributed by atoms with van der Waals surface area (Å²) >= 11 is 0. The summed E-state index contributed by atoms with van der Waals surface area (Å²) in [5.74, 6) is -0.380. The van der Waals surface area contributed by atoms with Crippen molar-refractivity contribution in [3.63, 3.8) is 0 Å². The number of rotatable bonds is 7. The first-order chi connectivity index (χ1) is 16.9. The van der Waals surface area contributed by atoms with Crippen LogP contribution in [0, 0.1) is 0 Å². The SMILES string of the molecule is CC(=O)NC[C@H]1O[C@H](O[C@H]2[C@H](O)[C@@H](O[C@H]3O[C@H](CO)[C@@H](O)[C@H](N)[C@H]3O)[C@H](N)C[C@@H]2N)[C@H](N)[C@@H](O)[C@@H]1O. The van der Waals surface area contributed by atoms with E-state index in [2.05, 4.69) is 5.32 Å². The first kappa shape index (κ1) is 29.5. The van der Waals surface area contributed by atoms with Crippen LogP contribution >= 0.6 is 0 Å². The van der Waals surface area contributed by atoms with Gasteiger partial charge in [0.15, 0.2) is 12.6 Å². The highest BCUT2D eigenvalue weighted by atomic mass is 16.7. The highest BCUT2D eigenvalue weighted by Gasteiger charge is 2.51. The van der Waals surface area contributed by atoms with Crippen LogP contribution in [-0.2, 0) is 23.7 Å². The minimum atomic E-state index is -1.50. The van der Waals surface area contributed by atoms with Gasteiger partial charge in [0, 0.05) is 25.6 Å². The Bertz CT molecular complexity index is 738. The van der Waals surface area contributed by atoms with E-state index in [-0.39, 0.29) is 18.9 Å². The van der Waals surface area contributed by atoms with Crippen molar-refractivity contribution in [3.8, 4) is 0 Å². The van der Waals surface area contributed by atoms with E-state index in [1.165, 1.54) is 6.92 Å². The molecule has 15 atom stereocenters. The molecule has 210 valence electrons. The van der Waals surface area contributed by atoms with Gasteiger partial charge in [-0.3, -0.25) is 4.79 Å². The van der Waals surface area contributed by atoms with Gasteiger partial charge in [-0.2, -0.15) is 0 Å². The fourth-order valence-corrected chi connectivity index (χ4v) is 4.66. The lowest BCUT2D eigenvalue weighted by Gasteiger charge is -2.48. The summed E-state index contributed by atoms with van der Waals surface area (Å²) in [6.07, 6.45) is -14.5. The molecular weight excluding hydrogens is 486 g/mol. The number of carbonyl (C=O) groups excluding carboxylic acids is 1. The summed E-state index contributed by atoms with van der Waals surface area (Å²) in [7, 11) is 0. The third-order valence-electron chi connectivity index (χ3n) is 6.88. The van der Waals surface area contributed by atoms with Crippen LogP contribution in [0.5, 0.6) is 0 Å². The maximum Gasteiger partial charge on any atom is 0.216 e. The summed E-state index contributed by atoms with van der Waals surface area (Å²) in [5, 5.41) is 64.0. The summed E-state index contributed by atoms with van der Waals surface area (Å²) in [5.41, 5.74) is 24.1. The zero-order chi connectivity index (χ0) is 26.9. The Morgan fingerprint density at radius 3 is 1.92 bits per heavy atom. The Morgan fingerprint density at radius 2 is 1.36 bits per heavy atom. The Balaban J connectivity index is 1.72. The molecule has 1 aliphatic carbocycles. The molecular formula is C20H39N5O11. The third kappa shape index (κ3) is 6.13. The maximum atomic E-state index is 11.2. The van der Waals surface area contributed by atoms with Gasteiger partial charge in [-0.1, -0.05) is 0 Å². The molecule has 16 nitrogen and oxygen atoms in total. The molecule has 0 aromatic heterocycles.